The Balaban J connectivity index is 1.93. The van der Waals surface area contributed by atoms with Crippen molar-refractivity contribution in [2.75, 3.05) is 20.6 Å². The van der Waals surface area contributed by atoms with Crippen LogP contribution in [0.2, 0.25) is 5.02 Å². The molecule has 1 aliphatic rings. The van der Waals surface area contributed by atoms with Gasteiger partial charge in [-0.2, -0.15) is 0 Å². The number of halogens is 1. The van der Waals surface area contributed by atoms with E-state index in [1.165, 1.54) is 38.7 Å². The quantitative estimate of drug-likeness (QED) is 0.679. The molecule has 2 aromatic rings. The molecule has 0 aromatic heterocycles. The minimum Gasteiger partial charge on any atom is -0.334 e. The van der Waals surface area contributed by atoms with Crippen LogP contribution in [0.4, 0.5) is 0 Å². The van der Waals surface area contributed by atoms with Crippen LogP contribution >= 0.6 is 11.6 Å². The second kappa shape index (κ2) is 8.64. The largest absolute Gasteiger partial charge is 0.334 e. The molecule has 0 aliphatic heterocycles. The lowest BCUT2D eigenvalue weighted by molar-refractivity contribution is 0.0679. The van der Waals surface area contributed by atoms with Gasteiger partial charge in [0, 0.05) is 27.2 Å². The van der Waals surface area contributed by atoms with Gasteiger partial charge in [0.25, 0.3) is 5.91 Å². The Morgan fingerprint density at radius 1 is 1.11 bits per heavy atom. The maximum Gasteiger partial charge on any atom is 0.255 e. The number of amides is 1. The summed E-state index contributed by atoms with van der Waals surface area (Å²) in [5.41, 5.74) is 1.25. The van der Waals surface area contributed by atoms with Crippen molar-refractivity contribution < 1.29 is 13.2 Å². The maximum atomic E-state index is 13.3. The Labute approximate surface area is 172 Å². The molecular weight excluding hydrogens is 396 g/mol. The van der Waals surface area contributed by atoms with Gasteiger partial charge in [0.1, 0.15) is 0 Å². The van der Waals surface area contributed by atoms with Crippen LogP contribution in [0.1, 0.15) is 35.2 Å². The molecule has 0 saturated heterocycles. The Hall–Kier alpha value is -1.89. The predicted octanol–water partition coefficient (Wildman–Crippen LogP) is 4.03. The average Bonchev–Trinajstić information content (AvgIpc) is 2.64. The number of nitrogens with zero attached hydrogens (tertiary/aromatic N) is 2. The monoisotopic (exact) mass is 420 g/mol. The van der Waals surface area contributed by atoms with Crippen molar-refractivity contribution in [1.29, 1.82) is 0 Å². The zero-order chi connectivity index (χ0) is 20.3. The van der Waals surface area contributed by atoms with Gasteiger partial charge in [-0.3, -0.25) is 4.79 Å². The lowest BCUT2D eigenvalue weighted by Gasteiger charge is -2.33. The Morgan fingerprint density at radius 2 is 1.79 bits per heavy atom. The zero-order valence-corrected chi connectivity index (χ0v) is 17.7. The van der Waals surface area contributed by atoms with Crippen molar-refractivity contribution in [3.8, 4) is 0 Å². The van der Waals surface area contributed by atoms with Gasteiger partial charge in [0.2, 0.25) is 10.0 Å². The van der Waals surface area contributed by atoms with Crippen molar-refractivity contribution in [3.05, 3.63) is 64.7 Å². The SMILES string of the molecule is CN(C)S(=O)(=O)c1ccc(Cl)c(C(=O)N(Cc2ccccc2)CC2CCC2)c1. The highest BCUT2D eigenvalue weighted by Gasteiger charge is 2.27. The number of benzene rings is 2. The van der Waals surface area contributed by atoms with Crippen LogP contribution in [0.3, 0.4) is 0 Å². The van der Waals surface area contributed by atoms with Crippen LogP contribution < -0.4 is 0 Å². The molecule has 150 valence electrons. The van der Waals surface area contributed by atoms with E-state index in [4.69, 9.17) is 11.6 Å². The first kappa shape index (κ1) is 20.8. The molecule has 1 fully saturated rings. The fourth-order valence-corrected chi connectivity index (χ4v) is 4.35. The summed E-state index contributed by atoms with van der Waals surface area (Å²) in [5, 5.41) is 0.259. The molecule has 3 rings (SSSR count). The Morgan fingerprint density at radius 3 is 2.36 bits per heavy atom. The molecule has 0 heterocycles. The standard InChI is InChI=1S/C21H25ClN2O3S/c1-23(2)28(26,27)18-11-12-20(22)19(13-18)21(25)24(15-17-9-6-10-17)14-16-7-4-3-5-8-16/h3-5,7-8,11-13,17H,6,9-10,14-15H2,1-2H3. The highest BCUT2D eigenvalue weighted by molar-refractivity contribution is 7.89. The van der Waals surface area contributed by atoms with E-state index in [0.29, 0.717) is 19.0 Å². The fourth-order valence-electron chi connectivity index (χ4n) is 3.22. The maximum absolute atomic E-state index is 13.3. The van der Waals surface area contributed by atoms with E-state index >= 15 is 0 Å². The Bertz CT molecular complexity index is 941. The minimum absolute atomic E-state index is 0.0635. The van der Waals surface area contributed by atoms with Crippen LogP contribution in [0, 0.1) is 5.92 Å². The zero-order valence-electron chi connectivity index (χ0n) is 16.1. The van der Waals surface area contributed by atoms with Crippen LogP contribution in [0.5, 0.6) is 0 Å². The molecule has 0 bridgehead atoms. The van der Waals surface area contributed by atoms with Crippen LogP contribution in [-0.2, 0) is 16.6 Å². The summed E-state index contributed by atoms with van der Waals surface area (Å²) in [5.74, 6) is 0.247. The summed E-state index contributed by atoms with van der Waals surface area (Å²) >= 11 is 6.30. The van der Waals surface area contributed by atoms with Gasteiger partial charge in [-0.15, -0.1) is 0 Å². The first-order valence-corrected chi connectivity index (χ1v) is 11.2. The average molecular weight is 421 g/mol. The van der Waals surface area contributed by atoms with Gasteiger partial charge in [-0.25, -0.2) is 12.7 Å². The molecular formula is C21H25ClN2O3S. The van der Waals surface area contributed by atoms with Gasteiger partial charge in [0.05, 0.1) is 15.5 Å². The van der Waals surface area contributed by atoms with Crippen molar-refractivity contribution in [2.45, 2.75) is 30.7 Å². The van der Waals surface area contributed by atoms with Crippen molar-refractivity contribution >= 4 is 27.5 Å². The third-order valence-corrected chi connectivity index (χ3v) is 7.29. The highest BCUT2D eigenvalue weighted by atomic mass is 35.5. The third-order valence-electron chi connectivity index (χ3n) is 5.15. The summed E-state index contributed by atoms with van der Waals surface area (Å²) in [7, 11) is -0.723. The van der Waals surface area contributed by atoms with E-state index in [1.54, 1.807) is 4.90 Å². The smallest absolute Gasteiger partial charge is 0.255 e. The minimum atomic E-state index is -3.65. The topological polar surface area (TPSA) is 57.7 Å². The fraction of sp³-hybridized carbons (Fsp3) is 0.381. The second-order valence-electron chi connectivity index (χ2n) is 7.40. The summed E-state index contributed by atoms with van der Waals surface area (Å²) in [6, 6.07) is 14.1. The van der Waals surface area contributed by atoms with Gasteiger partial charge < -0.3 is 4.90 Å². The molecule has 0 radical (unpaired) electrons. The molecule has 0 atom stereocenters. The molecule has 0 spiro atoms. The number of carbonyl (C=O) groups excluding carboxylic acids is 1. The normalized spacial score (nSPS) is 14.7. The molecule has 0 N–H and O–H groups in total. The summed E-state index contributed by atoms with van der Waals surface area (Å²) in [4.78, 5) is 15.2. The molecule has 1 saturated carbocycles. The van der Waals surface area contributed by atoms with E-state index in [0.717, 1.165) is 22.7 Å². The van der Waals surface area contributed by atoms with Gasteiger partial charge in [-0.05, 0) is 42.5 Å². The van der Waals surface area contributed by atoms with Crippen LogP contribution in [0.25, 0.3) is 0 Å². The summed E-state index contributed by atoms with van der Waals surface area (Å²) < 4.78 is 26.1. The predicted molar refractivity (Wildman–Crippen MR) is 111 cm³/mol. The van der Waals surface area contributed by atoms with Gasteiger partial charge >= 0.3 is 0 Å². The van der Waals surface area contributed by atoms with Crippen molar-refractivity contribution in [3.63, 3.8) is 0 Å². The molecule has 28 heavy (non-hydrogen) atoms. The summed E-state index contributed by atoms with van der Waals surface area (Å²) in [6.07, 6.45) is 3.41. The van der Waals surface area contributed by atoms with Gasteiger partial charge in [-0.1, -0.05) is 48.4 Å². The molecule has 5 nitrogen and oxygen atoms in total. The lowest BCUT2D eigenvalue weighted by atomic mass is 9.85. The van der Waals surface area contributed by atoms with E-state index < -0.39 is 10.0 Å². The second-order valence-corrected chi connectivity index (χ2v) is 9.96. The van der Waals surface area contributed by atoms with Gasteiger partial charge in [0.15, 0.2) is 0 Å². The molecule has 0 unspecified atom stereocenters. The first-order valence-electron chi connectivity index (χ1n) is 9.34. The number of hydrogen-bond donors (Lipinski definition) is 0. The third kappa shape index (κ3) is 4.57. The lowest BCUT2D eigenvalue weighted by Crippen LogP contribution is -2.37. The van der Waals surface area contributed by atoms with Crippen LogP contribution in [-0.4, -0.2) is 44.2 Å². The summed E-state index contributed by atoms with van der Waals surface area (Å²) in [6.45, 7) is 1.12. The Kier molecular flexibility index (Phi) is 6.43. The number of sulfonamides is 1. The highest BCUT2D eigenvalue weighted by Crippen LogP contribution is 2.30. The van der Waals surface area contributed by atoms with Crippen molar-refractivity contribution in [2.24, 2.45) is 5.92 Å². The van der Waals surface area contributed by atoms with E-state index in [-0.39, 0.29) is 21.4 Å². The van der Waals surface area contributed by atoms with Crippen molar-refractivity contribution in [1.82, 2.24) is 9.21 Å². The molecule has 2 aromatic carbocycles. The first-order chi connectivity index (χ1) is 13.3. The number of rotatable bonds is 7. The van der Waals surface area contributed by atoms with E-state index in [1.807, 2.05) is 30.3 Å². The van der Waals surface area contributed by atoms with E-state index in [9.17, 15) is 13.2 Å². The number of carbonyl (C=O) groups is 1. The van der Waals surface area contributed by atoms with Crippen LogP contribution in [0.15, 0.2) is 53.4 Å². The van der Waals surface area contributed by atoms with E-state index in [2.05, 4.69) is 0 Å². The number of hydrogen-bond acceptors (Lipinski definition) is 3. The molecule has 7 heteroatoms. The molecule has 1 aliphatic carbocycles. The molecule has 1 amide bonds.